The van der Waals surface area contributed by atoms with Crippen LogP contribution in [0.3, 0.4) is 0 Å². The molecule has 1 saturated carbocycles. The fourth-order valence-electron chi connectivity index (χ4n) is 5.84. The van der Waals surface area contributed by atoms with Gasteiger partial charge < -0.3 is 30.9 Å². The Bertz CT molecular complexity index is 1150. The lowest BCUT2D eigenvalue weighted by Crippen LogP contribution is -2.51. The molecule has 0 aromatic carbocycles. The number of nitrogen functional groups attached to an aromatic ring is 1. The Hall–Kier alpha value is -3.05. The van der Waals surface area contributed by atoms with Gasteiger partial charge in [-0.1, -0.05) is 0 Å². The second-order valence-electron chi connectivity index (χ2n) is 10.9. The molecule has 2 aromatic rings. The number of carbonyl (C=O) groups excluding carboxylic acids is 1. The van der Waals surface area contributed by atoms with Crippen molar-refractivity contribution >= 4 is 23.6 Å². The molecular formula is C25H35N9O2. The second kappa shape index (κ2) is 8.81. The Morgan fingerprint density at radius 3 is 2.69 bits per heavy atom. The van der Waals surface area contributed by atoms with Crippen LogP contribution in [-0.2, 0) is 16.0 Å². The molecule has 6 rings (SSSR count). The minimum Gasteiger partial charge on any atom is -0.377 e. The van der Waals surface area contributed by atoms with Crippen LogP contribution in [0.25, 0.3) is 11.3 Å². The van der Waals surface area contributed by atoms with Crippen molar-refractivity contribution in [2.45, 2.75) is 57.2 Å². The van der Waals surface area contributed by atoms with E-state index in [4.69, 9.17) is 26.2 Å². The topological polar surface area (TPSA) is 140 Å². The van der Waals surface area contributed by atoms with E-state index in [1.807, 2.05) is 4.90 Å². The smallest absolute Gasteiger partial charge is 0.239 e. The van der Waals surface area contributed by atoms with Crippen LogP contribution in [0.2, 0.25) is 0 Å². The number of hydrogen-bond donors (Lipinski definition) is 2. The number of hydrogen-bond acceptors (Lipinski definition) is 10. The van der Waals surface area contributed by atoms with Crippen molar-refractivity contribution in [2.24, 2.45) is 11.7 Å². The Morgan fingerprint density at radius 1 is 1.19 bits per heavy atom. The van der Waals surface area contributed by atoms with Gasteiger partial charge >= 0.3 is 0 Å². The number of carbonyl (C=O) groups is 1. The van der Waals surface area contributed by atoms with Gasteiger partial charge in [0.1, 0.15) is 5.82 Å². The predicted molar refractivity (Wildman–Crippen MR) is 136 cm³/mol. The molecule has 1 aliphatic carbocycles. The SMILES string of the molecule is C[C@H]1COCCN1c1nc(-c2cnc(N)nc2)c2c(n1)N([C@@]1(C)CCN(C(=O)[C@H](N)C3CC3)C1)CC2. The van der Waals surface area contributed by atoms with Crippen LogP contribution in [0.1, 0.15) is 38.7 Å². The third-order valence-corrected chi connectivity index (χ3v) is 8.21. The molecule has 0 bridgehead atoms. The summed E-state index contributed by atoms with van der Waals surface area (Å²) in [5.41, 5.74) is 14.6. The number of ether oxygens (including phenoxy) is 1. The van der Waals surface area contributed by atoms with E-state index in [1.54, 1.807) is 12.4 Å². The molecule has 3 atom stereocenters. The van der Waals surface area contributed by atoms with Crippen molar-refractivity contribution in [3.8, 4) is 11.3 Å². The lowest BCUT2D eigenvalue weighted by atomic mass is 9.99. The van der Waals surface area contributed by atoms with Gasteiger partial charge in [0.25, 0.3) is 0 Å². The fourth-order valence-corrected chi connectivity index (χ4v) is 5.84. The molecule has 4 N–H and O–H groups in total. The zero-order valence-electron chi connectivity index (χ0n) is 21.1. The van der Waals surface area contributed by atoms with Gasteiger partial charge in [-0.15, -0.1) is 0 Å². The number of amides is 1. The van der Waals surface area contributed by atoms with E-state index in [2.05, 4.69) is 33.6 Å². The number of nitrogens with two attached hydrogens (primary N) is 2. The maximum Gasteiger partial charge on any atom is 0.239 e. The lowest BCUT2D eigenvalue weighted by Gasteiger charge is -2.38. The van der Waals surface area contributed by atoms with Crippen LogP contribution in [-0.4, -0.2) is 87.8 Å². The number of morpholine rings is 1. The van der Waals surface area contributed by atoms with Crippen molar-refractivity contribution in [3.05, 3.63) is 18.0 Å². The van der Waals surface area contributed by atoms with E-state index >= 15 is 0 Å². The zero-order valence-corrected chi connectivity index (χ0v) is 21.1. The molecule has 11 heteroatoms. The van der Waals surface area contributed by atoms with Gasteiger partial charge in [0.2, 0.25) is 17.8 Å². The molecular weight excluding hydrogens is 458 g/mol. The van der Waals surface area contributed by atoms with Crippen LogP contribution in [0.15, 0.2) is 12.4 Å². The maximum absolute atomic E-state index is 13.1. The van der Waals surface area contributed by atoms with Gasteiger partial charge in [0.15, 0.2) is 0 Å². The molecule has 1 amide bonds. The Morgan fingerprint density at radius 2 is 1.97 bits per heavy atom. The molecule has 2 aromatic heterocycles. The first kappa shape index (κ1) is 23.4. The maximum atomic E-state index is 13.1. The van der Waals surface area contributed by atoms with Crippen LogP contribution in [0, 0.1) is 5.92 Å². The normalized spacial score (nSPS) is 26.9. The first-order chi connectivity index (χ1) is 17.3. The number of likely N-dealkylation sites (tertiary alicyclic amines) is 1. The summed E-state index contributed by atoms with van der Waals surface area (Å²) in [5.74, 6) is 2.31. The van der Waals surface area contributed by atoms with Crippen molar-refractivity contribution in [2.75, 3.05) is 54.9 Å². The molecule has 192 valence electrons. The predicted octanol–water partition coefficient (Wildman–Crippen LogP) is 0.832. The number of anilines is 3. The van der Waals surface area contributed by atoms with Crippen molar-refractivity contribution in [1.82, 2.24) is 24.8 Å². The minimum atomic E-state index is -0.368. The van der Waals surface area contributed by atoms with Crippen LogP contribution in [0.4, 0.5) is 17.7 Å². The standard InChI is InChI=1S/C25H35N9O2/c1-15-13-36-10-9-33(15)24-30-20(17-11-28-23(27)29-12-17)18-5-7-34(21(18)31-24)25(2)6-8-32(14-25)22(35)19(26)16-3-4-16/h11-12,15-16,19H,3-10,13-14,26H2,1-2H3,(H2,27,28,29)/t15-,19+,25-/m0/s1. The third kappa shape index (κ3) is 4.03. The molecule has 36 heavy (non-hydrogen) atoms. The Labute approximate surface area is 211 Å². The van der Waals surface area contributed by atoms with E-state index in [-0.39, 0.29) is 29.5 Å². The highest BCUT2D eigenvalue weighted by molar-refractivity contribution is 5.83. The summed E-state index contributed by atoms with van der Waals surface area (Å²) in [4.78, 5) is 38.2. The van der Waals surface area contributed by atoms with E-state index in [0.29, 0.717) is 31.6 Å². The molecule has 0 radical (unpaired) electrons. The molecule has 0 unspecified atom stereocenters. The number of aromatic nitrogens is 4. The summed E-state index contributed by atoms with van der Waals surface area (Å²) in [7, 11) is 0. The van der Waals surface area contributed by atoms with E-state index in [0.717, 1.165) is 68.0 Å². The average Bonchev–Trinajstić information content (AvgIpc) is 3.52. The molecule has 3 fully saturated rings. The molecule has 2 saturated heterocycles. The summed E-state index contributed by atoms with van der Waals surface area (Å²) in [5, 5.41) is 0. The molecule has 3 aliphatic heterocycles. The number of nitrogens with zero attached hydrogens (tertiary/aromatic N) is 7. The highest BCUT2D eigenvalue weighted by atomic mass is 16.5. The Kier molecular flexibility index (Phi) is 5.71. The zero-order chi connectivity index (χ0) is 25.0. The molecule has 0 spiro atoms. The number of rotatable bonds is 5. The fraction of sp³-hybridized carbons (Fsp3) is 0.640. The van der Waals surface area contributed by atoms with E-state index in [1.165, 1.54) is 0 Å². The average molecular weight is 494 g/mol. The third-order valence-electron chi connectivity index (χ3n) is 8.21. The van der Waals surface area contributed by atoms with Crippen LogP contribution >= 0.6 is 0 Å². The summed E-state index contributed by atoms with van der Waals surface area (Å²) in [6.45, 7) is 8.58. The monoisotopic (exact) mass is 493 g/mol. The summed E-state index contributed by atoms with van der Waals surface area (Å²) in [6, 6.07) is -0.201. The van der Waals surface area contributed by atoms with Crippen molar-refractivity contribution in [3.63, 3.8) is 0 Å². The first-order valence-corrected chi connectivity index (χ1v) is 13.0. The largest absolute Gasteiger partial charge is 0.377 e. The van der Waals surface area contributed by atoms with E-state index in [9.17, 15) is 4.79 Å². The van der Waals surface area contributed by atoms with E-state index < -0.39 is 0 Å². The highest BCUT2D eigenvalue weighted by Crippen LogP contribution is 2.42. The lowest BCUT2D eigenvalue weighted by molar-refractivity contribution is -0.132. The summed E-state index contributed by atoms with van der Waals surface area (Å²) in [6.07, 6.45) is 7.29. The van der Waals surface area contributed by atoms with Gasteiger partial charge in [-0.2, -0.15) is 4.98 Å². The van der Waals surface area contributed by atoms with Gasteiger partial charge in [0.05, 0.1) is 36.5 Å². The highest BCUT2D eigenvalue weighted by Gasteiger charge is 2.46. The Balaban J connectivity index is 1.36. The molecule has 4 aliphatic rings. The first-order valence-electron chi connectivity index (χ1n) is 13.0. The second-order valence-corrected chi connectivity index (χ2v) is 10.9. The minimum absolute atomic E-state index is 0.0888. The quantitative estimate of drug-likeness (QED) is 0.615. The van der Waals surface area contributed by atoms with Gasteiger partial charge in [-0.25, -0.2) is 15.0 Å². The summed E-state index contributed by atoms with van der Waals surface area (Å²) < 4.78 is 5.66. The molecule has 5 heterocycles. The van der Waals surface area contributed by atoms with Crippen LogP contribution < -0.4 is 21.3 Å². The van der Waals surface area contributed by atoms with Gasteiger partial charge in [-0.3, -0.25) is 4.79 Å². The van der Waals surface area contributed by atoms with Gasteiger partial charge in [0, 0.05) is 49.7 Å². The summed E-state index contributed by atoms with van der Waals surface area (Å²) >= 11 is 0. The molecule has 11 nitrogen and oxygen atoms in total. The van der Waals surface area contributed by atoms with Crippen molar-refractivity contribution < 1.29 is 9.53 Å². The van der Waals surface area contributed by atoms with Crippen molar-refractivity contribution in [1.29, 1.82) is 0 Å². The van der Waals surface area contributed by atoms with Crippen LogP contribution in [0.5, 0.6) is 0 Å². The number of fused-ring (bicyclic) bond motifs is 1. The van der Waals surface area contributed by atoms with Gasteiger partial charge in [-0.05, 0) is 45.4 Å².